The summed E-state index contributed by atoms with van der Waals surface area (Å²) >= 11 is 0. The molecule has 0 amide bonds. The van der Waals surface area contributed by atoms with Crippen LogP contribution in [0.5, 0.6) is 0 Å². The van der Waals surface area contributed by atoms with Crippen molar-refractivity contribution in [3.05, 3.63) is 18.3 Å². The Kier molecular flexibility index (Phi) is 3.00. The fourth-order valence-corrected chi connectivity index (χ4v) is 4.68. The zero-order chi connectivity index (χ0) is 14.5. The van der Waals surface area contributed by atoms with Crippen LogP contribution < -0.4 is 10.2 Å². The van der Waals surface area contributed by atoms with Crippen molar-refractivity contribution in [1.29, 1.82) is 0 Å². The van der Waals surface area contributed by atoms with Gasteiger partial charge in [0.15, 0.2) is 5.82 Å². The first-order valence-electron chi connectivity index (χ1n) is 7.73. The molecule has 0 saturated heterocycles. The van der Waals surface area contributed by atoms with Gasteiger partial charge in [-0.1, -0.05) is 20.8 Å². The first-order valence-corrected chi connectivity index (χ1v) is 7.73. The third-order valence-electron chi connectivity index (χ3n) is 5.78. The van der Waals surface area contributed by atoms with E-state index in [1.165, 1.54) is 24.9 Å². The van der Waals surface area contributed by atoms with Gasteiger partial charge in [-0.15, -0.1) is 0 Å². The number of fused-ring (bicyclic) bond motifs is 2. The van der Waals surface area contributed by atoms with Crippen molar-refractivity contribution in [3.8, 4) is 0 Å². The monoisotopic (exact) mass is 273 g/mol. The molecule has 2 bridgehead atoms. The number of pyridine rings is 1. The van der Waals surface area contributed by atoms with Crippen LogP contribution in [0, 0.1) is 16.7 Å². The minimum atomic E-state index is 0.367. The highest BCUT2D eigenvalue weighted by Gasteiger charge is 2.59. The highest BCUT2D eigenvalue weighted by atomic mass is 15.2. The lowest BCUT2D eigenvalue weighted by molar-refractivity contribution is 0.155. The second kappa shape index (κ2) is 4.37. The lowest BCUT2D eigenvalue weighted by atomic mass is 9.68. The molecule has 2 aliphatic carbocycles. The zero-order valence-electron chi connectivity index (χ0n) is 13.4. The van der Waals surface area contributed by atoms with Gasteiger partial charge in [0, 0.05) is 26.3 Å². The van der Waals surface area contributed by atoms with Crippen molar-refractivity contribution in [1.82, 2.24) is 4.98 Å². The Bertz CT molecular complexity index is 504. The zero-order valence-corrected chi connectivity index (χ0v) is 13.4. The van der Waals surface area contributed by atoms with Crippen LogP contribution in [0.2, 0.25) is 0 Å². The van der Waals surface area contributed by atoms with Gasteiger partial charge in [-0.25, -0.2) is 4.98 Å². The normalized spacial score (nSPS) is 34.2. The third-order valence-corrected chi connectivity index (χ3v) is 5.78. The van der Waals surface area contributed by atoms with E-state index in [-0.39, 0.29) is 0 Å². The van der Waals surface area contributed by atoms with E-state index >= 15 is 0 Å². The van der Waals surface area contributed by atoms with Crippen molar-refractivity contribution >= 4 is 11.5 Å². The van der Waals surface area contributed by atoms with E-state index in [0.717, 1.165) is 11.7 Å². The fraction of sp³-hybridized carbons (Fsp3) is 0.706. The smallest absolute Gasteiger partial charge is 0.151 e. The van der Waals surface area contributed by atoms with Gasteiger partial charge in [0.05, 0.1) is 5.69 Å². The summed E-state index contributed by atoms with van der Waals surface area (Å²) in [5.41, 5.74) is 1.98. The Balaban J connectivity index is 1.92. The van der Waals surface area contributed by atoms with Gasteiger partial charge in [-0.05, 0) is 48.1 Å². The van der Waals surface area contributed by atoms with E-state index in [1.54, 1.807) is 0 Å². The quantitative estimate of drug-likeness (QED) is 0.908. The van der Waals surface area contributed by atoms with E-state index < -0.39 is 0 Å². The van der Waals surface area contributed by atoms with Crippen LogP contribution in [-0.2, 0) is 0 Å². The molecule has 1 N–H and O–H groups in total. The first-order chi connectivity index (χ1) is 9.34. The molecular formula is C17H27N3. The largest absolute Gasteiger partial charge is 0.378 e. The van der Waals surface area contributed by atoms with Crippen molar-refractivity contribution in [2.45, 2.75) is 46.1 Å². The summed E-state index contributed by atoms with van der Waals surface area (Å²) in [6.07, 6.45) is 6.00. The molecule has 3 nitrogen and oxygen atoms in total. The van der Waals surface area contributed by atoms with Crippen LogP contribution in [0.1, 0.15) is 40.0 Å². The Morgan fingerprint density at radius 3 is 2.65 bits per heavy atom. The molecule has 0 aliphatic heterocycles. The molecule has 0 aromatic carbocycles. The van der Waals surface area contributed by atoms with E-state index in [4.69, 9.17) is 0 Å². The summed E-state index contributed by atoms with van der Waals surface area (Å²) in [4.78, 5) is 6.60. The average molecular weight is 273 g/mol. The van der Waals surface area contributed by atoms with Crippen LogP contribution in [-0.4, -0.2) is 25.1 Å². The molecule has 0 spiro atoms. The number of rotatable bonds is 3. The summed E-state index contributed by atoms with van der Waals surface area (Å²) in [6.45, 7) is 7.34. The second-order valence-electron chi connectivity index (χ2n) is 7.76. The summed E-state index contributed by atoms with van der Waals surface area (Å²) in [7, 11) is 4.11. The van der Waals surface area contributed by atoms with Gasteiger partial charge in [0.25, 0.3) is 0 Å². The fourth-order valence-electron chi connectivity index (χ4n) is 4.68. The summed E-state index contributed by atoms with van der Waals surface area (Å²) in [6, 6.07) is 4.72. The van der Waals surface area contributed by atoms with E-state index in [2.05, 4.69) is 56.1 Å². The average Bonchev–Trinajstić information content (AvgIpc) is 2.86. The number of nitrogens with one attached hydrogen (secondary N) is 1. The van der Waals surface area contributed by atoms with Crippen LogP contribution in [0.4, 0.5) is 11.5 Å². The molecule has 1 aromatic rings. The molecule has 2 aliphatic rings. The van der Waals surface area contributed by atoms with Gasteiger partial charge >= 0.3 is 0 Å². The maximum atomic E-state index is 4.52. The maximum Gasteiger partial charge on any atom is 0.151 e. The highest BCUT2D eigenvalue weighted by molar-refractivity contribution is 5.65. The van der Waals surface area contributed by atoms with Crippen molar-refractivity contribution < 1.29 is 0 Å². The van der Waals surface area contributed by atoms with Gasteiger partial charge in [0.2, 0.25) is 0 Å². The summed E-state index contributed by atoms with van der Waals surface area (Å²) < 4.78 is 0. The third kappa shape index (κ3) is 1.90. The predicted octanol–water partition coefficient (Wildman–Crippen LogP) is 3.77. The predicted molar refractivity (Wildman–Crippen MR) is 85.2 cm³/mol. The molecule has 1 heterocycles. The Morgan fingerprint density at radius 1 is 1.30 bits per heavy atom. The molecule has 3 atom stereocenters. The molecule has 110 valence electrons. The Hall–Kier alpha value is -1.25. The lowest BCUT2D eigenvalue weighted by Crippen LogP contribution is -2.46. The van der Waals surface area contributed by atoms with Crippen LogP contribution in [0.15, 0.2) is 18.3 Å². The van der Waals surface area contributed by atoms with Gasteiger partial charge in [-0.2, -0.15) is 0 Å². The van der Waals surface area contributed by atoms with Gasteiger partial charge < -0.3 is 10.2 Å². The Labute approximate surface area is 122 Å². The van der Waals surface area contributed by atoms with Gasteiger partial charge in [0.1, 0.15) is 0 Å². The molecule has 20 heavy (non-hydrogen) atoms. The van der Waals surface area contributed by atoms with Crippen LogP contribution >= 0.6 is 0 Å². The number of nitrogens with zero attached hydrogens (tertiary/aromatic N) is 2. The van der Waals surface area contributed by atoms with Gasteiger partial charge in [-0.3, -0.25) is 0 Å². The van der Waals surface area contributed by atoms with E-state index in [9.17, 15) is 0 Å². The van der Waals surface area contributed by atoms with Crippen LogP contribution in [0.25, 0.3) is 0 Å². The minimum Gasteiger partial charge on any atom is -0.378 e. The summed E-state index contributed by atoms with van der Waals surface area (Å²) in [5.74, 6) is 1.90. The molecule has 0 radical (unpaired) electrons. The first kappa shape index (κ1) is 13.7. The maximum absolute atomic E-state index is 4.52. The van der Waals surface area contributed by atoms with E-state index in [1.807, 2.05) is 12.3 Å². The lowest BCUT2D eigenvalue weighted by Gasteiger charge is -2.44. The number of hydrogen-bond donors (Lipinski definition) is 1. The van der Waals surface area contributed by atoms with Crippen molar-refractivity contribution in [2.24, 2.45) is 16.7 Å². The SMILES string of the molecule is CN(C)c1ncccc1NC1C(C)(C)[C@H]2CC[C@]1(C)C2. The topological polar surface area (TPSA) is 28.2 Å². The number of aromatic nitrogens is 1. The van der Waals surface area contributed by atoms with E-state index in [0.29, 0.717) is 16.9 Å². The number of anilines is 2. The Morgan fingerprint density at radius 2 is 2.05 bits per heavy atom. The summed E-state index contributed by atoms with van der Waals surface area (Å²) in [5, 5.41) is 3.85. The van der Waals surface area contributed by atoms with Crippen molar-refractivity contribution in [2.75, 3.05) is 24.3 Å². The molecule has 1 unspecified atom stereocenters. The minimum absolute atomic E-state index is 0.367. The number of hydrogen-bond acceptors (Lipinski definition) is 3. The van der Waals surface area contributed by atoms with Crippen molar-refractivity contribution in [3.63, 3.8) is 0 Å². The standard InChI is InChI=1S/C17H27N3/c1-16(2)12-8-9-17(3,11-12)15(16)19-13-7-6-10-18-14(13)20(4)5/h6-7,10,12,15,19H,8-9,11H2,1-5H3/t12-,15?,17+/m0/s1. The molecule has 1 aromatic heterocycles. The molecule has 2 fully saturated rings. The highest BCUT2D eigenvalue weighted by Crippen LogP contribution is 2.63. The molecular weight excluding hydrogens is 246 g/mol. The molecule has 3 rings (SSSR count). The molecule has 3 heteroatoms. The van der Waals surface area contributed by atoms with Crippen LogP contribution in [0.3, 0.4) is 0 Å². The second-order valence-corrected chi connectivity index (χ2v) is 7.76. The molecule has 2 saturated carbocycles.